The van der Waals surface area contributed by atoms with Gasteiger partial charge in [0.15, 0.2) is 0 Å². The van der Waals surface area contributed by atoms with E-state index in [1.807, 2.05) is 26.0 Å². The SMILES string of the molecule is CC(=O)NC(CS)C(=O)Nc1c(C)cc(Br)cc1C. The molecule has 104 valence electrons. The second kappa shape index (κ2) is 6.96. The number of benzene rings is 1. The summed E-state index contributed by atoms with van der Waals surface area (Å²) < 4.78 is 0.966. The molecule has 4 nitrogen and oxygen atoms in total. The van der Waals surface area contributed by atoms with E-state index >= 15 is 0 Å². The first-order valence-electron chi connectivity index (χ1n) is 5.80. The van der Waals surface area contributed by atoms with Crippen molar-refractivity contribution in [3.63, 3.8) is 0 Å². The van der Waals surface area contributed by atoms with E-state index in [9.17, 15) is 9.59 Å². The van der Waals surface area contributed by atoms with Crippen LogP contribution in [0.15, 0.2) is 16.6 Å². The fourth-order valence-corrected chi connectivity index (χ4v) is 2.70. The number of anilines is 1. The van der Waals surface area contributed by atoms with E-state index in [0.29, 0.717) is 0 Å². The van der Waals surface area contributed by atoms with Crippen LogP contribution in [0.2, 0.25) is 0 Å². The summed E-state index contributed by atoms with van der Waals surface area (Å²) in [5.74, 6) is -0.266. The summed E-state index contributed by atoms with van der Waals surface area (Å²) in [4.78, 5) is 23.1. The number of hydrogen-bond acceptors (Lipinski definition) is 3. The highest BCUT2D eigenvalue weighted by molar-refractivity contribution is 9.10. The van der Waals surface area contributed by atoms with Gasteiger partial charge in [-0.25, -0.2) is 0 Å². The zero-order chi connectivity index (χ0) is 14.6. The van der Waals surface area contributed by atoms with Crippen LogP contribution in [0.5, 0.6) is 0 Å². The Bertz CT molecular complexity index is 482. The quantitative estimate of drug-likeness (QED) is 0.734. The van der Waals surface area contributed by atoms with Gasteiger partial charge in [-0.3, -0.25) is 9.59 Å². The van der Waals surface area contributed by atoms with E-state index in [-0.39, 0.29) is 17.6 Å². The van der Waals surface area contributed by atoms with Crippen molar-refractivity contribution in [3.8, 4) is 0 Å². The van der Waals surface area contributed by atoms with Crippen molar-refractivity contribution in [1.82, 2.24) is 5.32 Å². The van der Waals surface area contributed by atoms with Gasteiger partial charge in [-0.05, 0) is 37.1 Å². The molecule has 1 aromatic carbocycles. The average molecular weight is 345 g/mol. The third-order valence-electron chi connectivity index (χ3n) is 2.62. The predicted molar refractivity (Wildman–Crippen MR) is 83.7 cm³/mol. The van der Waals surface area contributed by atoms with Crippen LogP contribution in [0, 0.1) is 13.8 Å². The molecule has 0 bridgehead atoms. The molecule has 0 saturated heterocycles. The van der Waals surface area contributed by atoms with Crippen molar-refractivity contribution in [3.05, 3.63) is 27.7 Å². The van der Waals surface area contributed by atoms with Crippen LogP contribution in [0.1, 0.15) is 18.1 Å². The molecule has 2 amide bonds. The van der Waals surface area contributed by atoms with Gasteiger partial charge in [0.25, 0.3) is 0 Å². The minimum absolute atomic E-state index is 0.250. The van der Waals surface area contributed by atoms with Gasteiger partial charge >= 0.3 is 0 Å². The summed E-state index contributed by atoms with van der Waals surface area (Å²) in [6.07, 6.45) is 0. The summed E-state index contributed by atoms with van der Waals surface area (Å²) in [5, 5.41) is 5.40. The Hall–Kier alpha value is -1.01. The number of carbonyl (C=O) groups is 2. The molecule has 6 heteroatoms. The van der Waals surface area contributed by atoms with Crippen molar-refractivity contribution in [1.29, 1.82) is 0 Å². The van der Waals surface area contributed by atoms with Crippen LogP contribution < -0.4 is 10.6 Å². The highest BCUT2D eigenvalue weighted by atomic mass is 79.9. The van der Waals surface area contributed by atoms with Crippen molar-refractivity contribution >= 4 is 46.1 Å². The van der Waals surface area contributed by atoms with Crippen molar-refractivity contribution < 1.29 is 9.59 Å². The molecule has 1 unspecified atom stereocenters. The van der Waals surface area contributed by atoms with Crippen LogP contribution in [0.3, 0.4) is 0 Å². The number of nitrogens with one attached hydrogen (secondary N) is 2. The minimum Gasteiger partial charge on any atom is -0.344 e. The lowest BCUT2D eigenvalue weighted by Crippen LogP contribution is -2.44. The Labute approximate surface area is 126 Å². The molecule has 0 aliphatic rings. The molecule has 0 saturated carbocycles. The van der Waals surface area contributed by atoms with Gasteiger partial charge in [-0.2, -0.15) is 12.6 Å². The van der Waals surface area contributed by atoms with Gasteiger partial charge in [0.05, 0.1) is 0 Å². The van der Waals surface area contributed by atoms with Crippen molar-refractivity contribution in [2.24, 2.45) is 0 Å². The lowest BCUT2D eigenvalue weighted by molar-refractivity contribution is -0.124. The Morgan fingerprint density at radius 1 is 1.32 bits per heavy atom. The summed E-state index contributed by atoms with van der Waals surface area (Å²) in [6, 6.07) is 3.22. The molecule has 1 aromatic rings. The van der Waals surface area contributed by atoms with Crippen LogP contribution in [0.25, 0.3) is 0 Å². The minimum atomic E-state index is -0.636. The van der Waals surface area contributed by atoms with Gasteiger partial charge < -0.3 is 10.6 Å². The number of thiol groups is 1. The maximum Gasteiger partial charge on any atom is 0.247 e. The first-order chi connectivity index (χ1) is 8.85. The molecule has 0 radical (unpaired) electrons. The van der Waals surface area contributed by atoms with Gasteiger partial charge in [0.2, 0.25) is 11.8 Å². The number of halogens is 1. The maximum absolute atomic E-state index is 12.1. The van der Waals surface area contributed by atoms with E-state index < -0.39 is 6.04 Å². The standard InChI is InChI=1S/C13H17BrN2O2S/c1-7-4-10(14)5-8(2)12(7)16-13(18)11(6-19)15-9(3)17/h4-5,11,19H,6H2,1-3H3,(H,15,17)(H,16,18). The van der Waals surface area contributed by atoms with Crippen molar-refractivity contribution in [2.45, 2.75) is 26.8 Å². The topological polar surface area (TPSA) is 58.2 Å². The highest BCUT2D eigenvalue weighted by Gasteiger charge is 2.19. The Morgan fingerprint density at radius 2 is 1.84 bits per heavy atom. The number of rotatable bonds is 4. The first kappa shape index (κ1) is 16.0. The normalized spacial score (nSPS) is 11.8. The average Bonchev–Trinajstić information content (AvgIpc) is 2.30. The fraction of sp³-hybridized carbons (Fsp3) is 0.385. The first-order valence-corrected chi connectivity index (χ1v) is 7.23. The van der Waals surface area contributed by atoms with Crippen LogP contribution in [-0.2, 0) is 9.59 Å². The molecule has 0 aliphatic heterocycles. The lowest BCUT2D eigenvalue weighted by atomic mass is 10.1. The highest BCUT2D eigenvalue weighted by Crippen LogP contribution is 2.25. The molecule has 0 fully saturated rings. The molecule has 0 aromatic heterocycles. The van der Waals surface area contributed by atoms with Gasteiger partial charge in [0, 0.05) is 22.8 Å². The predicted octanol–water partition coefficient (Wildman–Crippen LogP) is 2.44. The molecule has 19 heavy (non-hydrogen) atoms. The fourth-order valence-electron chi connectivity index (χ4n) is 1.76. The third-order valence-corrected chi connectivity index (χ3v) is 3.45. The van der Waals surface area contributed by atoms with Gasteiger partial charge in [0.1, 0.15) is 6.04 Å². The van der Waals surface area contributed by atoms with Gasteiger partial charge in [-0.15, -0.1) is 0 Å². The van der Waals surface area contributed by atoms with E-state index in [1.165, 1.54) is 6.92 Å². The monoisotopic (exact) mass is 344 g/mol. The summed E-state index contributed by atoms with van der Waals surface area (Å²) in [7, 11) is 0. The molecule has 1 rings (SSSR count). The number of carbonyl (C=O) groups excluding carboxylic acids is 2. The van der Waals surface area contributed by atoms with E-state index in [0.717, 1.165) is 21.3 Å². The lowest BCUT2D eigenvalue weighted by Gasteiger charge is -2.18. The number of aryl methyl sites for hydroxylation is 2. The van der Waals surface area contributed by atoms with E-state index in [2.05, 4.69) is 39.2 Å². The molecule has 0 aliphatic carbocycles. The molecule has 1 atom stereocenters. The Balaban J connectivity index is 2.90. The number of hydrogen-bond donors (Lipinski definition) is 3. The zero-order valence-electron chi connectivity index (χ0n) is 11.1. The molecule has 2 N–H and O–H groups in total. The van der Waals surface area contributed by atoms with E-state index in [4.69, 9.17) is 0 Å². The summed E-state index contributed by atoms with van der Waals surface area (Å²) >= 11 is 7.49. The van der Waals surface area contributed by atoms with Gasteiger partial charge in [-0.1, -0.05) is 15.9 Å². The molecule has 0 spiro atoms. The van der Waals surface area contributed by atoms with Crippen molar-refractivity contribution in [2.75, 3.05) is 11.1 Å². The van der Waals surface area contributed by atoms with E-state index in [1.54, 1.807) is 0 Å². The molecular weight excluding hydrogens is 328 g/mol. The smallest absolute Gasteiger partial charge is 0.247 e. The van der Waals surface area contributed by atoms with Crippen LogP contribution in [-0.4, -0.2) is 23.6 Å². The molecular formula is C13H17BrN2O2S. The second-order valence-corrected chi connectivity index (χ2v) is 5.62. The Kier molecular flexibility index (Phi) is 5.87. The zero-order valence-corrected chi connectivity index (χ0v) is 13.6. The second-order valence-electron chi connectivity index (χ2n) is 4.34. The Morgan fingerprint density at radius 3 is 2.26 bits per heavy atom. The summed E-state index contributed by atoms with van der Waals surface area (Å²) in [6.45, 7) is 5.21. The summed E-state index contributed by atoms with van der Waals surface area (Å²) in [5.41, 5.74) is 2.69. The van der Waals surface area contributed by atoms with Crippen LogP contribution >= 0.6 is 28.6 Å². The number of amides is 2. The molecule has 0 heterocycles. The maximum atomic E-state index is 12.1. The van der Waals surface area contributed by atoms with Crippen LogP contribution in [0.4, 0.5) is 5.69 Å². The third kappa shape index (κ3) is 4.54. The largest absolute Gasteiger partial charge is 0.344 e.